The van der Waals surface area contributed by atoms with Crippen LogP contribution in [-0.2, 0) is 0 Å². The molecule has 2 aromatic carbocycles. The summed E-state index contributed by atoms with van der Waals surface area (Å²) in [6, 6.07) is 16.4. The van der Waals surface area contributed by atoms with Gasteiger partial charge in [-0.1, -0.05) is 36.4 Å². The van der Waals surface area contributed by atoms with E-state index in [0.717, 1.165) is 44.7 Å². The molecule has 0 saturated heterocycles. The first-order chi connectivity index (χ1) is 14.8. The van der Waals surface area contributed by atoms with Crippen molar-refractivity contribution in [3.63, 3.8) is 0 Å². The van der Waals surface area contributed by atoms with E-state index in [1.54, 1.807) is 12.5 Å². The van der Waals surface area contributed by atoms with E-state index >= 15 is 0 Å². The highest BCUT2D eigenvalue weighted by Gasteiger charge is 2.15. The number of H-pyrrole nitrogens is 2. The molecule has 30 heavy (non-hydrogen) atoms. The summed E-state index contributed by atoms with van der Waals surface area (Å²) in [5.41, 5.74) is 5.76. The van der Waals surface area contributed by atoms with Crippen LogP contribution in [-0.4, -0.2) is 31.8 Å². The summed E-state index contributed by atoms with van der Waals surface area (Å²) in [4.78, 5) is 12.1. The zero-order valence-electron chi connectivity index (χ0n) is 16.4. The van der Waals surface area contributed by atoms with Crippen LogP contribution < -0.4 is 10.1 Å². The highest BCUT2D eigenvalue weighted by Crippen LogP contribution is 2.36. The van der Waals surface area contributed by atoms with Crippen LogP contribution in [0, 0.1) is 0 Å². The van der Waals surface area contributed by atoms with Gasteiger partial charge in [-0.2, -0.15) is 5.10 Å². The SMILES string of the molecule is CCOc1ccc(-c2ccccc2)cc1Nc1ncnc2[nH]cc(-c3cn[nH]c3)c12. The normalized spacial score (nSPS) is 11.0. The number of hydrogen-bond donors (Lipinski definition) is 3. The fourth-order valence-corrected chi connectivity index (χ4v) is 3.53. The number of hydrogen-bond acceptors (Lipinski definition) is 5. The summed E-state index contributed by atoms with van der Waals surface area (Å²) in [6.07, 6.45) is 7.09. The number of aromatic amines is 2. The summed E-state index contributed by atoms with van der Waals surface area (Å²) >= 11 is 0. The third-order valence-electron chi connectivity index (χ3n) is 4.92. The maximum Gasteiger partial charge on any atom is 0.144 e. The molecule has 0 aliphatic rings. The van der Waals surface area contributed by atoms with Crippen LogP contribution in [0.15, 0.2) is 73.4 Å². The van der Waals surface area contributed by atoms with Gasteiger partial charge >= 0.3 is 0 Å². The largest absolute Gasteiger partial charge is 0.492 e. The Morgan fingerprint density at radius 3 is 2.67 bits per heavy atom. The Morgan fingerprint density at radius 1 is 0.967 bits per heavy atom. The zero-order valence-corrected chi connectivity index (χ0v) is 16.4. The number of benzene rings is 2. The third-order valence-corrected chi connectivity index (χ3v) is 4.92. The molecule has 0 aliphatic heterocycles. The van der Waals surface area contributed by atoms with Crippen molar-refractivity contribution >= 4 is 22.5 Å². The molecule has 0 atom stereocenters. The molecule has 7 nitrogen and oxygen atoms in total. The fraction of sp³-hybridized carbons (Fsp3) is 0.0870. The van der Waals surface area contributed by atoms with E-state index in [4.69, 9.17) is 4.74 Å². The van der Waals surface area contributed by atoms with E-state index in [0.29, 0.717) is 12.4 Å². The lowest BCUT2D eigenvalue weighted by atomic mass is 10.0. The van der Waals surface area contributed by atoms with E-state index in [2.05, 4.69) is 54.7 Å². The van der Waals surface area contributed by atoms with Gasteiger partial charge in [0.05, 0.1) is 23.9 Å². The maximum atomic E-state index is 5.87. The van der Waals surface area contributed by atoms with Crippen molar-refractivity contribution in [2.45, 2.75) is 6.92 Å². The standard InChI is InChI=1S/C23H20N6O/c1-2-30-20-9-8-16(15-6-4-3-5-7-15)10-19(20)29-23-21-18(17-11-27-28-12-17)13-24-22(21)25-14-26-23/h3-14H,2H2,1H3,(H,27,28)(H2,24,25,26,29). The smallest absolute Gasteiger partial charge is 0.144 e. The Hall–Kier alpha value is -4.13. The lowest BCUT2D eigenvalue weighted by Crippen LogP contribution is -2.00. The van der Waals surface area contributed by atoms with Crippen LogP contribution >= 0.6 is 0 Å². The van der Waals surface area contributed by atoms with Crippen LogP contribution in [0.2, 0.25) is 0 Å². The predicted molar refractivity (Wildman–Crippen MR) is 118 cm³/mol. The van der Waals surface area contributed by atoms with E-state index in [1.807, 2.05) is 43.6 Å². The quantitative estimate of drug-likeness (QED) is 0.369. The molecule has 5 rings (SSSR count). The van der Waals surface area contributed by atoms with Crippen molar-refractivity contribution in [3.05, 3.63) is 73.4 Å². The average Bonchev–Trinajstić information content (AvgIpc) is 3.46. The Balaban J connectivity index is 1.62. The van der Waals surface area contributed by atoms with Gasteiger partial charge in [0.1, 0.15) is 23.5 Å². The number of aromatic nitrogens is 5. The Bertz CT molecular complexity index is 1280. The molecule has 5 aromatic rings. The summed E-state index contributed by atoms with van der Waals surface area (Å²) in [6.45, 7) is 2.55. The molecule has 0 bridgehead atoms. The average molecular weight is 396 g/mol. The van der Waals surface area contributed by atoms with Crippen molar-refractivity contribution < 1.29 is 4.74 Å². The number of rotatable bonds is 6. The predicted octanol–water partition coefficient (Wildman–Crippen LogP) is 5.16. The minimum absolute atomic E-state index is 0.572. The molecule has 0 fully saturated rings. The van der Waals surface area contributed by atoms with E-state index in [9.17, 15) is 0 Å². The van der Waals surface area contributed by atoms with Crippen molar-refractivity contribution in [1.82, 2.24) is 25.1 Å². The first-order valence-electron chi connectivity index (χ1n) is 9.74. The van der Waals surface area contributed by atoms with Crippen molar-refractivity contribution in [3.8, 4) is 28.0 Å². The minimum Gasteiger partial charge on any atom is -0.492 e. The molecule has 3 heterocycles. The maximum absolute atomic E-state index is 5.87. The van der Waals surface area contributed by atoms with Crippen molar-refractivity contribution in [2.24, 2.45) is 0 Å². The number of nitrogens with one attached hydrogen (secondary N) is 3. The topological polar surface area (TPSA) is 91.5 Å². The summed E-state index contributed by atoms with van der Waals surface area (Å²) < 4.78 is 5.87. The highest BCUT2D eigenvalue weighted by molar-refractivity contribution is 6.01. The molecule has 0 unspecified atom stereocenters. The fourth-order valence-electron chi connectivity index (χ4n) is 3.53. The lowest BCUT2D eigenvalue weighted by molar-refractivity contribution is 0.342. The van der Waals surface area contributed by atoms with E-state index in [-0.39, 0.29) is 0 Å². The molecule has 0 radical (unpaired) electrons. The summed E-state index contributed by atoms with van der Waals surface area (Å²) in [5, 5.41) is 11.3. The van der Waals surface area contributed by atoms with Crippen LogP contribution in [0.1, 0.15) is 6.92 Å². The molecular formula is C23H20N6O. The van der Waals surface area contributed by atoms with Gasteiger partial charge in [-0.15, -0.1) is 0 Å². The van der Waals surface area contributed by atoms with Gasteiger partial charge in [0.25, 0.3) is 0 Å². The first kappa shape index (κ1) is 17.9. The van der Waals surface area contributed by atoms with Crippen LogP contribution in [0.3, 0.4) is 0 Å². The molecular weight excluding hydrogens is 376 g/mol. The molecule has 3 aromatic heterocycles. The van der Waals surface area contributed by atoms with Gasteiger partial charge in [0.15, 0.2) is 0 Å². The molecule has 0 saturated carbocycles. The summed E-state index contributed by atoms with van der Waals surface area (Å²) in [5.74, 6) is 1.47. The zero-order chi connectivity index (χ0) is 20.3. The number of anilines is 2. The number of nitrogens with zero attached hydrogens (tertiary/aromatic N) is 3. The van der Waals surface area contributed by atoms with Crippen molar-refractivity contribution in [2.75, 3.05) is 11.9 Å². The second kappa shape index (κ2) is 7.71. The van der Waals surface area contributed by atoms with Crippen LogP contribution in [0.5, 0.6) is 5.75 Å². The second-order valence-corrected chi connectivity index (χ2v) is 6.77. The molecule has 3 N–H and O–H groups in total. The molecule has 0 spiro atoms. The van der Waals surface area contributed by atoms with Gasteiger partial charge in [0, 0.05) is 23.5 Å². The Labute approximate surface area is 173 Å². The van der Waals surface area contributed by atoms with Gasteiger partial charge < -0.3 is 15.0 Å². The number of fused-ring (bicyclic) bond motifs is 1. The summed E-state index contributed by atoms with van der Waals surface area (Å²) in [7, 11) is 0. The molecule has 7 heteroatoms. The third kappa shape index (κ3) is 3.26. The van der Waals surface area contributed by atoms with E-state index < -0.39 is 0 Å². The van der Waals surface area contributed by atoms with Crippen LogP contribution in [0.25, 0.3) is 33.3 Å². The molecule has 0 aliphatic carbocycles. The minimum atomic E-state index is 0.572. The first-order valence-corrected chi connectivity index (χ1v) is 9.74. The Morgan fingerprint density at radius 2 is 1.87 bits per heavy atom. The monoisotopic (exact) mass is 396 g/mol. The lowest BCUT2D eigenvalue weighted by Gasteiger charge is -2.15. The van der Waals surface area contributed by atoms with Gasteiger partial charge in [-0.25, -0.2) is 9.97 Å². The van der Waals surface area contributed by atoms with E-state index in [1.165, 1.54) is 0 Å². The Kier molecular flexibility index (Phi) is 4.61. The highest BCUT2D eigenvalue weighted by atomic mass is 16.5. The second-order valence-electron chi connectivity index (χ2n) is 6.77. The number of ether oxygens (including phenoxy) is 1. The van der Waals surface area contributed by atoms with Gasteiger partial charge in [-0.05, 0) is 30.2 Å². The molecule has 148 valence electrons. The van der Waals surface area contributed by atoms with Gasteiger partial charge in [-0.3, -0.25) is 5.10 Å². The van der Waals surface area contributed by atoms with Crippen LogP contribution in [0.4, 0.5) is 11.5 Å². The molecule has 0 amide bonds. The van der Waals surface area contributed by atoms with Crippen molar-refractivity contribution in [1.29, 1.82) is 0 Å². The van der Waals surface area contributed by atoms with Gasteiger partial charge in [0.2, 0.25) is 0 Å².